The Labute approximate surface area is 124 Å². The average molecular weight is 284 g/mol. The normalized spacial score (nSPS) is 18.6. The van der Waals surface area contributed by atoms with Crippen molar-refractivity contribution in [1.82, 2.24) is 9.88 Å². The third-order valence-electron chi connectivity index (χ3n) is 3.66. The summed E-state index contributed by atoms with van der Waals surface area (Å²) in [6.45, 7) is 2.99. The van der Waals surface area contributed by atoms with E-state index in [-0.39, 0.29) is 6.10 Å². The Balaban J connectivity index is 1.54. The molecule has 1 atom stereocenters. The van der Waals surface area contributed by atoms with Crippen molar-refractivity contribution in [3.8, 4) is 5.75 Å². The number of hydrogen-bond acceptors (Lipinski definition) is 5. The lowest BCUT2D eigenvalue weighted by Crippen LogP contribution is -2.24. The van der Waals surface area contributed by atoms with Gasteiger partial charge in [0.25, 0.3) is 0 Å². The Hall–Kier alpha value is -2.11. The van der Waals surface area contributed by atoms with Gasteiger partial charge < -0.3 is 10.2 Å². The van der Waals surface area contributed by atoms with Crippen LogP contribution in [-0.4, -0.2) is 29.1 Å². The van der Waals surface area contributed by atoms with E-state index in [0.717, 1.165) is 31.8 Å². The van der Waals surface area contributed by atoms with Crippen molar-refractivity contribution in [3.63, 3.8) is 0 Å². The van der Waals surface area contributed by atoms with Gasteiger partial charge in [-0.1, -0.05) is 30.3 Å². The zero-order chi connectivity index (χ0) is 14.5. The molecule has 3 N–H and O–H groups in total. The minimum atomic E-state index is 0.224. The molecule has 21 heavy (non-hydrogen) atoms. The summed E-state index contributed by atoms with van der Waals surface area (Å²) in [6, 6.07) is 14.2. The molecule has 5 heteroatoms. The van der Waals surface area contributed by atoms with Gasteiger partial charge in [0, 0.05) is 31.9 Å². The highest BCUT2D eigenvalue weighted by molar-refractivity contribution is 5.39. The monoisotopic (exact) mass is 284 g/mol. The maximum absolute atomic E-state index is 6.01. The number of likely N-dealkylation sites (tertiary alicyclic amines) is 1. The van der Waals surface area contributed by atoms with E-state index in [1.807, 2.05) is 18.2 Å². The average Bonchev–Trinajstić information content (AvgIpc) is 2.95. The van der Waals surface area contributed by atoms with Crippen molar-refractivity contribution in [2.75, 3.05) is 18.5 Å². The quantitative estimate of drug-likeness (QED) is 0.649. The molecule has 1 aliphatic rings. The van der Waals surface area contributed by atoms with Gasteiger partial charge in [-0.25, -0.2) is 10.8 Å². The van der Waals surface area contributed by atoms with Crippen molar-refractivity contribution in [3.05, 3.63) is 54.2 Å². The predicted octanol–water partition coefficient (Wildman–Crippen LogP) is 2.02. The molecule has 3 rings (SSSR count). The maximum Gasteiger partial charge on any atom is 0.143 e. The molecule has 1 aliphatic heterocycles. The number of ether oxygens (including phenoxy) is 1. The van der Waals surface area contributed by atoms with Crippen molar-refractivity contribution in [2.45, 2.75) is 19.1 Å². The largest absolute Gasteiger partial charge is 0.489 e. The zero-order valence-electron chi connectivity index (χ0n) is 11.9. The molecule has 0 bridgehead atoms. The molecule has 5 nitrogen and oxygen atoms in total. The van der Waals surface area contributed by atoms with Gasteiger partial charge >= 0.3 is 0 Å². The number of nitrogens with zero attached hydrogens (tertiary/aromatic N) is 2. The Morgan fingerprint density at radius 2 is 2.14 bits per heavy atom. The second kappa shape index (κ2) is 6.56. The van der Waals surface area contributed by atoms with Crippen LogP contribution in [0.2, 0.25) is 0 Å². The first-order chi connectivity index (χ1) is 10.3. The minimum Gasteiger partial charge on any atom is -0.489 e. The second-order valence-electron chi connectivity index (χ2n) is 5.27. The van der Waals surface area contributed by atoms with Crippen LogP contribution in [0.15, 0.2) is 48.7 Å². The van der Waals surface area contributed by atoms with Gasteiger partial charge in [-0.3, -0.25) is 4.90 Å². The topological polar surface area (TPSA) is 63.4 Å². The van der Waals surface area contributed by atoms with Crippen molar-refractivity contribution < 1.29 is 4.74 Å². The lowest BCUT2D eigenvalue weighted by molar-refractivity contribution is 0.198. The van der Waals surface area contributed by atoms with E-state index in [1.54, 1.807) is 6.20 Å². The second-order valence-corrected chi connectivity index (χ2v) is 5.27. The summed E-state index contributed by atoms with van der Waals surface area (Å²) in [5, 5.41) is 0. The van der Waals surface area contributed by atoms with Crippen LogP contribution in [0.3, 0.4) is 0 Å². The van der Waals surface area contributed by atoms with Gasteiger partial charge in [-0.2, -0.15) is 0 Å². The SMILES string of the molecule is NNc1cc(OC2CCN(Cc3ccccc3)C2)ccn1. The molecule has 1 unspecified atom stereocenters. The third-order valence-corrected chi connectivity index (χ3v) is 3.66. The summed E-state index contributed by atoms with van der Waals surface area (Å²) < 4.78 is 6.01. The molecular weight excluding hydrogens is 264 g/mol. The molecular formula is C16H20N4O. The fourth-order valence-corrected chi connectivity index (χ4v) is 2.63. The van der Waals surface area contributed by atoms with Gasteiger partial charge in [-0.05, 0) is 18.1 Å². The van der Waals surface area contributed by atoms with Crippen molar-refractivity contribution in [1.29, 1.82) is 0 Å². The molecule has 0 spiro atoms. The lowest BCUT2D eigenvalue weighted by atomic mass is 10.2. The lowest BCUT2D eigenvalue weighted by Gasteiger charge is -2.17. The molecule has 1 saturated heterocycles. The summed E-state index contributed by atoms with van der Waals surface area (Å²) in [5.74, 6) is 6.79. The molecule has 1 fully saturated rings. The number of nitrogens with one attached hydrogen (secondary N) is 1. The summed E-state index contributed by atoms with van der Waals surface area (Å²) in [4.78, 5) is 6.50. The van der Waals surface area contributed by atoms with Crippen molar-refractivity contribution >= 4 is 5.82 Å². The van der Waals surface area contributed by atoms with Crippen LogP contribution >= 0.6 is 0 Å². The van der Waals surface area contributed by atoms with E-state index in [2.05, 4.69) is 39.6 Å². The number of nitrogens with two attached hydrogens (primary N) is 1. The molecule has 0 radical (unpaired) electrons. The highest BCUT2D eigenvalue weighted by atomic mass is 16.5. The number of benzene rings is 1. The number of nitrogen functional groups attached to an aromatic ring is 1. The molecule has 1 aromatic carbocycles. The van der Waals surface area contributed by atoms with E-state index >= 15 is 0 Å². The maximum atomic E-state index is 6.01. The van der Waals surface area contributed by atoms with Gasteiger partial charge in [0.1, 0.15) is 17.7 Å². The predicted molar refractivity (Wildman–Crippen MR) is 82.8 cm³/mol. The number of anilines is 1. The third kappa shape index (κ3) is 3.71. The molecule has 0 aliphatic carbocycles. The summed E-state index contributed by atoms with van der Waals surface area (Å²) in [5.41, 5.74) is 3.88. The summed E-state index contributed by atoms with van der Waals surface area (Å²) in [7, 11) is 0. The smallest absolute Gasteiger partial charge is 0.143 e. The van der Waals surface area contributed by atoms with Crippen LogP contribution in [0.1, 0.15) is 12.0 Å². The van der Waals surface area contributed by atoms with E-state index < -0.39 is 0 Å². The Kier molecular flexibility index (Phi) is 4.33. The highest BCUT2D eigenvalue weighted by Gasteiger charge is 2.23. The number of rotatable bonds is 5. The molecule has 2 aromatic rings. The molecule has 110 valence electrons. The van der Waals surface area contributed by atoms with Crippen molar-refractivity contribution in [2.24, 2.45) is 5.84 Å². The molecule has 0 amide bonds. The first-order valence-corrected chi connectivity index (χ1v) is 7.19. The van der Waals surface area contributed by atoms with Gasteiger partial charge in [0.05, 0.1) is 0 Å². The zero-order valence-corrected chi connectivity index (χ0v) is 11.9. The van der Waals surface area contributed by atoms with Crippen LogP contribution in [0.5, 0.6) is 5.75 Å². The Bertz CT molecular complexity index is 575. The van der Waals surface area contributed by atoms with E-state index in [9.17, 15) is 0 Å². The van der Waals surface area contributed by atoms with Crippen LogP contribution in [0.4, 0.5) is 5.82 Å². The molecule has 0 saturated carbocycles. The molecule has 2 heterocycles. The van der Waals surface area contributed by atoms with Crippen LogP contribution < -0.4 is 16.0 Å². The first-order valence-electron chi connectivity index (χ1n) is 7.19. The summed E-state index contributed by atoms with van der Waals surface area (Å²) >= 11 is 0. The van der Waals surface area contributed by atoms with E-state index in [4.69, 9.17) is 10.6 Å². The summed E-state index contributed by atoms with van der Waals surface area (Å²) in [6.07, 6.45) is 2.96. The number of hydrazine groups is 1. The van der Waals surface area contributed by atoms with Gasteiger partial charge in [0.2, 0.25) is 0 Å². The van der Waals surface area contributed by atoms with Gasteiger partial charge in [0.15, 0.2) is 0 Å². The van der Waals surface area contributed by atoms with E-state index in [1.165, 1.54) is 5.56 Å². The first kappa shape index (κ1) is 13.9. The fourth-order valence-electron chi connectivity index (χ4n) is 2.63. The number of aromatic nitrogens is 1. The van der Waals surface area contributed by atoms with Crippen LogP contribution in [0, 0.1) is 0 Å². The molecule has 1 aromatic heterocycles. The van der Waals surface area contributed by atoms with Crippen LogP contribution in [-0.2, 0) is 6.54 Å². The Morgan fingerprint density at radius 1 is 1.29 bits per heavy atom. The van der Waals surface area contributed by atoms with Crippen LogP contribution in [0.25, 0.3) is 0 Å². The van der Waals surface area contributed by atoms with E-state index in [0.29, 0.717) is 5.82 Å². The Morgan fingerprint density at radius 3 is 2.95 bits per heavy atom. The van der Waals surface area contributed by atoms with Gasteiger partial charge in [-0.15, -0.1) is 0 Å². The number of pyridine rings is 1. The highest BCUT2D eigenvalue weighted by Crippen LogP contribution is 2.21. The number of hydrogen-bond donors (Lipinski definition) is 2. The fraction of sp³-hybridized carbons (Fsp3) is 0.312. The minimum absolute atomic E-state index is 0.224. The standard InChI is InChI=1S/C16H20N4O/c17-19-16-10-14(6-8-18-16)21-15-7-9-20(12-15)11-13-4-2-1-3-5-13/h1-6,8,10,15H,7,9,11-12,17H2,(H,18,19).